The molecular formula is C18H22ClNO6. The van der Waals surface area contributed by atoms with Crippen LogP contribution in [0.4, 0.5) is 0 Å². The van der Waals surface area contributed by atoms with Crippen molar-refractivity contribution in [3.05, 3.63) is 28.8 Å². The first-order valence-corrected chi connectivity index (χ1v) is 8.63. The Morgan fingerprint density at radius 2 is 2.04 bits per heavy atom. The summed E-state index contributed by atoms with van der Waals surface area (Å²) < 4.78 is 20.8. The van der Waals surface area contributed by atoms with Gasteiger partial charge in [0.2, 0.25) is 0 Å². The molecule has 1 aliphatic heterocycles. The molecule has 1 aromatic rings. The third-order valence-corrected chi connectivity index (χ3v) is 3.93. The molecule has 0 bridgehead atoms. The van der Waals surface area contributed by atoms with E-state index in [9.17, 15) is 9.59 Å². The molecule has 142 valence electrons. The molecule has 8 heteroatoms. The molecule has 0 radical (unpaired) electrons. The minimum absolute atomic E-state index is 0.235. The maximum Gasteiger partial charge on any atom is 0.331 e. The first kappa shape index (κ1) is 20.1. The van der Waals surface area contributed by atoms with Crippen molar-refractivity contribution < 1.29 is 28.5 Å². The highest BCUT2D eigenvalue weighted by molar-refractivity contribution is 6.32. The van der Waals surface area contributed by atoms with Crippen LogP contribution in [0.25, 0.3) is 6.08 Å². The number of carbonyl (C=O) groups excluding carboxylic acids is 2. The van der Waals surface area contributed by atoms with Gasteiger partial charge >= 0.3 is 5.97 Å². The summed E-state index contributed by atoms with van der Waals surface area (Å²) in [6.45, 7) is 4.02. The Hall–Kier alpha value is -2.25. The minimum atomic E-state index is -0.614. The highest BCUT2D eigenvalue weighted by Gasteiger charge is 2.17. The van der Waals surface area contributed by atoms with Crippen molar-refractivity contribution in [1.29, 1.82) is 0 Å². The van der Waals surface area contributed by atoms with Crippen LogP contribution in [-0.4, -0.2) is 63.4 Å². The molecule has 0 saturated carbocycles. The van der Waals surface area contributed by atoms with Crippen LogP contribution >= 0.6 is 11.6 Å². The van der Waals surface area contributed by atoms with E-state index in [4.69, 9.17) is 30.5 Å². The average Bonchev–Trinajstić information content (AvgIpc) is 2.65. The van der Waals surface area contributed by atoms with Crippen LogP contribution in [0.3, 0.4) is 0 Å². The molecule has 0 aromatic heterocycles. The molecular weight excluding hydrogens is 362 g/mol. The van der Waals surface area contributed by atoms with Gasteiger partial charge in [0.15, 0.2) is 18.1 Å². The molecule has 1 saturated heterocycles. The second-order valence-electron chi connectivity index (χ2n) is 5.40. The van der Waals surface area contributed by atoms with E-state index in [-0.39, 0.29) is 12.5 Å². The topological polar surface area (TPSA) is 74.3 Å². The lowest BCUT2D eigenvalue weighted by molar-refractivity contribution is -0.150. The van der Waals surface area contributed by atoms with Gasteiger partial charge in [-0.25, -0.2) is 4.79 Å². The predicted octanol–water partition coefficient (Wildman–Crippen LogP) is 2.16. The van der Waals surface area contributed by atoms with E-state index in [1.54, 1.807) is 17.0 Å². The van der Waals surface area contributed by atoms with Crippen LogP contribution < -0.4 is 9.47 Å². The van der Waals surface area contributed by atoms with Crippen LogP contribution in [0.5, 0.6) is 11.5 Å². The predicted molar refractivity (Wildman–Crippen MR) is 96.6 cm³/mol. The smallest absolute Gasteiger partial charge is 0.331 e. The Bertz CT molecular complexity index is 670. The molecule has 1 aliphatic rings. The summed E-state index contributed by atoms with van der Waals surface area (Å²) in [5, 5.41) is 0.369. The van der Waals surface area contributed by atoms with E-state index in [2.05, 4.69) is 0 Å². The number of benzene rings is 1. The van der Waals surface area contributed by atoms with E-state index in [0.29, 0.717) is 55.0 Å². The summed E-state index contributed by atoms with van der Waals surface area (Å²) in [5.41, 5.74) is 0.649. The van der Waals surface area contributed by atoms with Crippen molar-refractivity contribution in [1.82, 2.24) is 4.90 Å². The molecule has 7 nitrogen and oxygen atoms in total. The lowest BCUT2D eigenvalue weighted by Gasteiger charge is -2.26. The molecule has 0 aliphatic carbocycles. The molecule has 2 rings (SSSR count). The maximum atomic E-state index is 11.9. The fourth-order valence-corrected chi connectivity index (χ4v) is 2.69. The molecule has 0 spiro atoms. The summed E-state index contributed by atoms with van der Waals surface area (Å²) in [5.74, 6) is 0.0695. The summed E-state index contributed by atoms with van der Waals surface area (Å²) in [6.07, 6.45) is 2.77. The minimum Gasteiger partial charge on any atom is -0.491 e. The van der Waals surface area contributed by atoms with E-state index < -0.39 is 5.97 Å². The number of halogens is 1. The number of esters is 1. The molecule has 1 amide bonds. The Morgan fingerprint density at radius 3 is 2.69 bits per heavy atom. The van der Waals surface area contributed by atoms with Crippen molar-refractivity contribution in [2.24, 2.45) is 0 Å². The van der Waals surface area contributed by atoms with Gasteiger partial charge in [-0.3, -0.25) is 4.79 Å². The first-order valence-electron chi connectivity index (χ1n) is 8.25. The fraction of sp³-hybridized carbons (Fsp3) is 0.444. The number of carbonyl (C=O) groups is 2. The van der Waals surface area contributed by atoms with Crippen molar-refractivity contribution >= 4 is 29.6 Å². The normalized spacial score (nSPS) is 14.3. The zero-order valence-corrected chi connectivity index (χ0v) is 15.6. The Kier molecular flexibility index (Phi) is 7.74. The van der Waals surface area contributed by atoms with Gasteiger partial charge in [0.25, 0.3) is 5.91 Å². The SMILES string of the molecule is CCOc1cc(/C=C/C(=O)OCC(=O)N2CCOCC2)cc(Cl)c1OC. The lowest BCUT2D eigenvalue weighted by Crippen LogP contribution is -2.42. The molecule has 0 atom stereocenters. The number of amides is 1. The summed E-state index contributed by atoms with van der Waals surface area (Å²) in [4.78, 5) is 25.4. The molecule has 0 N–H and O–H groups in total. The average molecular weight is 384 g/mol. The first-order chi connectivity index (χ1) is 12.5. The number of hydrogen-bond donors (Lipinski definition) is 0. The third-order valence-electron chi connectivity index (χ3n) is 3.65. The van der Waals surface area contributed by atoms with Gasteiger partial charge in [0.1, 0.15) is 0 Å². The van der Waals surface area contributed by atoms with Gasteiger partial charge < -0.3 is 23.8 Å². The Balaban J connectivity index is 1.93. The summed E-state index contributed by atoms with van der Waals surface area (Å²) in [7, 11) is 1.50. The number of hydrogen-bond acceptors (Lipinski definition) is 6. The highest BCUT2D eigenvalue weighted by atomic mass is 35.5. The quantitative estimate of drug-likeness (QED) is 0.530. The van der Waals surface area contributed by atoms with E-state index in [0.717, 1.165) is 0 Å². The molecule has 0 unspecified atom stereocenters. The number of methoxy groups -OCH3 is 1. The monoisotopic (exact) mass is 383 g/mol. The molecule has 1 aromatic carbocycles. The van der Waals surface area contributed by atoms with Gasteiger partial charge in [0, 0.05) is 19.2 Å². The molecule has 26 heavy (non-hydrogen) atoms. The van der Waals surface area contributed by atoms with Crippen molar-refractivity contribution in [3.8, 4) is 11.5 Å². The van der Waals surface area contributed by atoms with Crippen LogP contribution in [0.15, 0.2) is 18.2 Å². The van der Waals surface area contributed by atoms with Gasteiger partial charge in [-0.2, -0.15) is 0 Å². The second-order valence-corrected chi connectivity index (χ2v) is 5.81. The van der Waals surface area contributed by atoms with E-state index in [1.165, 1.54) is 19.3 Å². The standard InChI is InChI=1S/C18H22ClNO6/c1-3-25-15-11-13(10-14(19)18(15)23-2)4-5-17(22)26-12-16(21)20-6-8-24-9-7-20/h4-5,10-11H,3,6-9,12H2,1-2H3/b5-4+. The zero-order chi connectivity index (χ0) is 18.9. The Morgan fingerprint density at radius 1 is 1.31 bits per heavy atom. The van der Waals surface area contributed by atoms with Gasteiger partial charge in [-0.15, -0.1) is 0 Å². The van der Waals surface area contributed by atoms with Crippen molar-refractivity contribution in [3.63, 3.8) is 0 Å². The van der Waals surface area contributed by atoms with Gasteiger partial charge in [0.05, 0.1) is 32.0 Å². The number of morpholine rings is 1. The molecule has 1 heterocycles. The van der Waals surface area contributed by atoms with E-state index in [1.807, 2.05) is 6.92 Å². The second kappa shape index (κ2) is 10.0. The third kappa shape index (κ3) is 5.64. The number of nitrogens with zero attached hydrogens (tertiary/aromatic N) is 1. The van der Waals surface area contributed by atoms with Crippen LogP contribution in [0.2, 0.25) is 5.02 Å². The van der Waals surface area contributed by atoms with E-state index >= 15 is 0 Å². The van der Waals surface area contributed by atoms with Crippen LogP contribution in [0, 0.1) is 0 Å². The summed E-state index contributed by atoms with van der Waals surface area (Å²) >= 11 is 6.16. The zero-order valence-electron chi connectivity index (χ0n) is 14.8. The van der Waals surface area contributed by atoms with Gasteiger partial charge in [-0.05, 0) is 30.7 Å². The van der Waals surface area contributed by atoms with Crippen molar-refractivity contribution in [2.75, 3.05) is 46.6 Å². The number of rotatable bonds is 7. The maximum absolute atomic E-state index is 11.9. The van der Waals surface area contributed by atoms with Crippen LogP contribution in [-0.2, 0) is 19.1 Å². The number of ether oxygens (including phenoxy) is 4. The Labute approximate surface area is 157 Å². The highest BCUT2D eigenvalue weighted by Crippen LogP contribution is 2.36. The van der Waals surface area contributed by atoms with Crippen LogP contribution in [0.1, 0.15) is 12.5 Å². The summed E-state index contributed by atoms with van der Waals surface area (Å²) in [6, 6.07) is 3.35. The van der Waals surface area contributed by atoms with Crippen molar-refractivity contribution in [2.45, 2.75) is 6.92 Å². The van der Waals surface area contributed by atoms with Gasteiger partial charge in [-0.1, -0.05) is 11.6 Å². The molecule has 1 fully saturated rings. The lowest BCUT2D eigenvalue weighted by atomic mass is 10.2. The fourth-order valence-electron chi connectivity index (χ4n) is 2.39. The largest absolute Gasteiger partial charge is 0.491 e.